The number of rotatable bonds is 6. The highest BCUT2D eigenvalue weighted by molar-refractivity contribution is 5.79. The fourth-order valence-electron chi connectivity index (χ4n) is 2.17. The van der Waals surface area contributed by atoms with Gasteiger partial charge in [0.1, 0.15) is 0 Å². The first-order valence-electron chi connectivity index (χ1n) is 7.34. The van der Waals surface area contributed by atoms with Gasteiger partial charge in [0.2, 0.25) is 0 Å². The third kappa shape index (κ3) is 6.67. The van der Waals surface area contributed by atoms with E-state index in [0.29, 0.717) is 0 Å². The van der Waals surface area contributed by atoms with E-state index in [4.69, 9.17) is 0 Å². The largest absolute Gasteiger partial charge is 0.356 e. The number of nitrogens with zero attached hydrogens (tertiary/aromatic N) is 1. The molecule has 0 bridgehead atoms. The van der Waals surface area contributed by atoms with Crippen LogP contribution in [0.5, 0.6) is 0 Å². The van der Waals surface area contributed by atoms with E-state index in [1.807, 2.05) is 7.05 Å². The SMILES string of the molecule is CN=C(NCCC1=CCCCC1)NCCC(C)C. The normalized spacial score (nSPS) is 16.7. The summed E-state index contributed by atoms with van der Waals surface area (Å²) in [6, 6.07) is 0. The summed E-state index contributed by atoms with van der Waals surface area (Å²) in [4.78, 5) is 4.24. The molecule has 0 aromatic carbocycles. The molecule has 104 valence electrons. The highest BCUT2D eigenvalue weighted by atomic mass is 15.2. The Morgan fingerprint density at radius 3 is 2.67 bits per heavy atom. The lowest BCUT2D eigenvalue weighted by Gasteiger charge is -2.15. The molecule has 2 N–H and O–H groups in total. The number of hydrogen-bond acceptors (Lipinski definition) is 1. The van der Waals surface area contributed by atoms with Crippen molar-refractivity contribution in [2.45, 2.75) is 52.4 Å². The van der Waals surface area contributed by atoms with Crippen LogP contribution in [-0.2, 0) is 0 Å². The van der Waals surface area contributed by atoms with Gasteiger partial charge < -0.3 is 10.6 Å². The maximum absolute atomic E-state index is 4.24. The van der Waals surface area contributed by atoms with Gasteiger partial charge in [-0.2, -0.15) is 0 Å². The van der Waals surface area contributed by atoms with Gasteiger partial charge in [-0.05, 0) is 44.4 Å². The molecule has 1 rings (SSSR count). The minimum Gasteiger partial charge on any atom is -0.356 e. The molecule has 3 heteroatoms. The average Bonchev–Trinajstić information content (AvgIpc) is 2.38. The summed E-state index contributed by atoms with van der Waals surface area (Å²) >= 11 is 0. The standard InChI is InChI=1S/C15H29N3/c1-13(2)9-11-17-15(16-3)18-12-10-14-7-5-4-6-8-14/h7,13H,4-6,8-12H2,1-3H3,(H2,16,17,18). The summed E-state index contributed by atoms with van der Waals surface area (Å²) in [6.45, 7) is 6.48. The lowest BCUT2D eigenvalue weighted by atomic mass is 9.97. The predicted molar refractivity (Wildman–Crippen MR) is 80.0 cm³/mol. The zero-order valence-electron chi connectivity index (χ0n) is 12.3. The van der Waals surface area contributed by atoms with E-state index >= 15 is 0 Å². The van der Waals surface area contributed by atoms with E-state index in [-0.39, 0.29) is 0 Å². The molecule has 0 fully saturated rings. The van der Waals surface area contributed by atoms with Crippen molar-refractivity contribution in [3.63, 3.8) is 0 Å². The second-order valence-electron chi connectivity index (χ2n) is 5.47. The summed E-state index contributed by atoms with van der Waals surface area (Å²) in [7, 11) is 1.84. The smallest absolute Gasteiger partial charge is 0.190 e. The molecule has 0 spiro atoms. The zero-order chi connectivity index (χ0) is 13.2. The molecule has 0 unspecified atom stereocenters. The number of aliphatic imine (C=N–C) groups is 1. The van der Waals surface area contributed by atoms with Crippen molar-refractivity contribution in [1.82, 2.24) is 10.6 Å². The lowest BCUT2D eigenvalue weighted by Crippen LogP contribution is -2.38. The van der Waals surface area contributed by atoms with E-state index in [9.17, 15) is 0 Å². The fraction of sp³-hybridized carbons (Fsp3) is 0.800. The Morgan fingerprint density at radius 2 is 2.06 bits per heavy atom. The second kappa shape index (κ2) is 9.01. The van der Waals surface area contributed by atoms with E-state index in [1.54, 1.807) is 5.57 Å². The Morgan fingerprint density at radius 1 is 1.28 bits per heavy atom. The molecule has 0 aliphatic heterocycles. The Hall–Kier alpha value is -0.990. The van der Waals surface area contributed by atoms with Crippen LogP contribution in [0.2, 0.25) is 0 Å². The molecule has 1 aliphatic carbocycles. The quantitative estimate of drug-likeness (QED) is 0.432. The third-order valence-corrected chi connectivity index (χ3v) is 3.36. The first kappa shape index (κ1) is 15.1. The van der Waals surface area contributed by atoms with Crippen LogP contribution in [0.25, 0.3) is 0 Å². The van der Waals surface area contributed by atoms with Gasteiger partial charge in [-0.25, -0.2) is 0 Å². The van der Waals surface area contributed by atoms with E-state index < -0.39 is 0 Å². The van der Waals surface area contributed by atoms with Crippen molar-refractivity contribution in [1.29, 1.82) is 0 Å². The van der Waals surface area contributed by atoms with Gasteiger partial charge in [0.05, 0.1) is 0 Å². The van der Waals surface area contributed by atoms with Gasteiger partial charge in [-0.15, -0.1) is 0 Å². The maximum Gasteiger partial charge on any atom is 0.190 e. The van der Waals surface area contributed by atoms with Crippen LogP contribution in [0, 0.1) is 5.92 Å². The van der Waals surface area contributed by atoms with Crippen molar-refractivity contribution in [3.05, 3.63) is 11.6 Å². The Labute approximate surface area is 112 Å². The minimum absolute atomic E-state index is 0.739. The highest BCUT2D eigenvalue weighted by Crippen LogP contribution is 2.19. The van der Waals surface area contributed by atoms with Gasteiger partial charge in [0, 0.05) is 20.1 Å². The van der Waals surface area contributed by atoms with E-state index in [0.717, 1.165) is 31.4 Å². The van der Waals surface area contributed by atoms with Crippen LogP contribution in [0.1, 0.15) is 52.4 Å². The van der Waals surface area contributed by atoms with Gasteiger partial charge in [-0.3, -0.25) is 4.99 Å². The van der Waals surface area contributed by atoms with Crippen LogP contribution in [0.15, 0.2) is 16.6 Å². The van der Waals surface area contributed by atoms with E-state index in [2.05, 4.69) is 35.5 Å². The van der Waals surface area contributed by atoms with Crippen LogP contribution in [-0.4, -0.2) is 26.1 Å². The lowest BCUT2D eigenvalue weighted by molar-refractivity contribution is 0.573. The molecular weight excluding hydrogens is 222 g/mol. The number of allylic oxidation sites excluding steroid dienone is 1. The molecule has 0 radical (unpaired) electrons. The van der Waals surface area contributed by atoms with Crippen LogP contribution in [0.3, 0.4) is 0 Å². The molecule has 0 heterocycles. The Kier molecular flexibility index (Phi) is 7.54. The summed E-state index contributed by atoms with van der Waals surface area (Å²) < 4.78 is 0. The summed E-state index contributed by atoms with van der Waals surface area (Å²) in [6.07, 6.45) is 10.1. The predicted octanol–water partition coefficient (Wildman–Crippen LogP) is 3.09. The molecule has 0 saturated heterocycles. The topological polar surface area (TPSA) is 36.4 Å². The van der Waals surface area contributed by atoms with Gasteiger partial charge in [0.25, 0.3) is 0 Å². The third-order valence-electron chi connectivity index (χ3n) is 3.36. The Balaban J connectivity index is 2.13. The van der Waals surface area contributed by atoms with Crippen LogP contribution < -0.4 is 10.6 Å². The minimum atomic E-state index is 0.739. The first-order chi connectivity index (χ1) is 8.72. The molecule has 0 saturated carbocycles. The summed E-state index contributed by atoms with van der Waals surface area (Å²) in [5, 5.41) is 6.75. The van der Waals surface area contributed by atoms with Crippen LogP contribution >= 0.6 is 0 Å². The van der Waals surface area contributed by atoms with Crippen molar-refractivity contribution >= 4 is 5.96 Å². The number of guanidine groups is 1. The molecular formula is C15H29N3. The van der Waals surface area contributed by atoms with Crippen LogP contribution in [0.4, 0.5) is 0 Å². The van der Waals surface area contributed by atoms with E-state index in [1.165, 1.54) is 32.1 Å². The van der Waals surface area contributed by atoms with Gasteiger partial charge in [0.15, 0.2) is 5.96 Å². The van der Waals surface area contributed by atoms with Gasteiger partial charge >= 0.3 is 0 Å². The number of nitrogens with one attached hydrogen (secondary N) is 2. The first-order valence-corrected chi connectivity index (χ1v) is 7.34. The van der Waals surface area contributed by atoms with Crippen molar-refractivity contribution in [2.75, 3.05) is 20.1 Å². The zero-order valence-corrected chi connectivity index (χ0v) is 12.3. The second-order valence-corrected chi connectivity index (χ2v) is 5.47. The summed E-state index contributed by atoms with van der Waals surface area (Å²) in [5.41, 5.74) is 1.62. The molecule has 18 heavy (non-hydrogen) atoms. The highest BCUT2D eigenvalue weighted by Gasteiger charge is 2.04. The monoisotopic (exact) mass is 251 g/mol. The number of hydrogen-bond donors (Lipinski definition) is 2. The molecule has 0 amide bonds. The molecule has 0 aromatic heterocycles. The summed E-state index contributed by atoms with van der Waals surface area (Å²) in [5.74, 6) is 1.68. The van der Waals surface area contributed by atoms with Crippen molar-refractivity contribution in [2.24, 2.45) is 10.9 Å². The van der Waals surface area contributed by atoms with Gasteiger partial charge in [-0.1, -0.05) is 25.5 Å². The Bertz CT molecular complexity index is 279. The van der Waals surface area contributed by atoms with Crippen molar-refractivity contribution in [3.8, 4) is 0 Å². The molecule has 0 atom stereocenters. The molecule has 3 nitrogen and oxygen atoms in total. The maximum atomic E-state index is 4.24. The average molecular weight is 251 g/mol. The molecule has 0 aromatic rings. The molecule has 1 aliphatic rings. The fourth-order valence-corrected chi connectivity index (χ4v) is 2.17. The van der Waals surface area contributed by atoms with Crippen molar-refractivity contribution < 1.29 is 0 Å².